The van der Waals surface area contributed by atoms with E-state index in [0.29, 0.717) is 6.42 Å². The van der Waals surface area contributed by atoms with Crippen molar-refractivity contribution in [3.05, 3.63) is 132 Å². The van der Waals surface area contributed by atoms with E-state index in [0.717, 1.165) is 22.4 Å². The van der Waals surface area contributed by atoms with Crippen molar-refractivity contribution >= 4 is 23.6 Å². The number of rotatable bonds is 5. The van der Waals surface area contributed by atoms with E-state index >= 15 is 0 Å². The molecule has 0 saturated carbocycles. The molecule has 0 saturated heterocycles. The van der Waals surface area contributed by atoms with E-state index in [9.17, 15) is 5.11 Å². The molecule has 0 unspecified atom stereocenters. The zero-order chi connectivity index (χ0) is 24.3. The van der Waals surface area contributed by atoms with E-state index < -0.39 is 14.2 Å². The highest BCUT2D eigenvalue weighted by molar-refractivity contribution is 7.16. The van der Waals surface area contributed by atoms with Gasteiger partial charge in [0.25, 0.3) is 0 Å². The van der Waals surface area contributed by atoms with Crippen LogP contribution < -0.4 is 20.3 Å². The summed E-state index contributed by atoms with van der Waals surface area (Å²) in [5.74, 6) is 4.14. The average Bonchev–Trinajstić information content (AvgIpc) is 3.26. The number of hydrogen-bond acceptors (Lipinski definition) is 2. The first-order valence-electron chi connectivity index (χ1n) is 11.9. The quantitative estimate of drug-likeness (QED) is 0.268. The summed E-state index contributed by atoms with van der Waals surface area (Å²) < 4.78 is 5.38. The van der Waals surface area contributed by atoms with Gasteiger partial charge >= 0.3 is 0 Å². The van der Waals surface area contributed by atoms with Crippen molar-refractivity contribution in [2.75, 3.05) is 7.11 Å². The highest BCUT2D eigenvalue weighted by atomic mass is 28.3. The third-order valence-electron chi connectivity index (χ3n) is 6.97. The maximum atomic E-state index is 11.1. The molecule has 35 heavy (non-hydrogen) atoms. The fraction of sp³-hybridized carbons (Fsp3) is 0.125. The van der Waals surface area contributed by atoms with Crippen LogP contribution in [-0.4, -0.2) is 20.3 Å². The summed E-state index contributed by atoms with van der Waals surface area (Å²) in [4.78, 5) is 0. The summed E-state index contributed by atoms with van der Waals surface area (Å²) >= 11 is 0. The Morgan fingerprint density at radius 2 is 1.34 bits per heavy atom. The van der Waals surface area contributed by atoms with Crippen LogP contribution in [0.1, 0.15) is 17.2 Å². The molecule has 5 rings (SSSR count). The summed E-state index contributed by atoms with van der Waals surface area (Å²) in [5.41, 5.74) is 6.59. The third-order valence-corrected chi connectivity index (χ3v) is 11.1. The van der Waals surface area contributed by atoms with Crippen LogP contribution in [0.4, 0.5) is 0 Å². The molecule has 2 nitrogen and oxygen atoms in total. The number of ether oxygens (including phenoxy) is 1. The Balaban J connectivity index is 1.61. The first-order valence-corrected chi connectivity index (χ1v) is 13.9. The summed E-state index contributed by atoms with van der Waals surface area (Å²) in [6, 6.07) is 37.7. The predicted octanol–water partition coefficient (Wildman–Crippen LogP) is 4.17. The summed E-state index contributed by atoms with van der Waals surface area (Å²) in [6.45, 7) is 4.35. The highest BCUT2D eigenvalue weighted by Crippen LogP contribution is 2.40. The number of aliphatic hydroxyl groups is 1. The zero-order valence-corrected chi connectivity index (χ0v) is 20.8. The molecule has 0 aliphatic heterocycles. The smallest absolute Gasteiger partial charge is 0.230 e. The molecule has 0 fully saturated rings. The van der Waals surface area contributed by atoms with E-state index in [-0.39, 0.29) is 5.92 Å². The molecule has 4 aromatic rings. The van der Waals surface area contributed by atoms with Crippen LogP contribution in [-0.2, 0) is 6.42 Å². The lowest BCUT2D eigenvalue weighted by Crippen LogP contribution is -2.66. The Hall–Kier alpha value is -3.84. The number of benzene rings is 4. The summed E-state index contributed by atoms with van der Waals surface area (Å²) in [6.07, 6.45) is 0.0940. The lowest BCUT2D eigenvalue weighted by atomic mass is 9.96. The van der Waals surface area contributed by atoms with Crippen molar-refractivity contribution in [3.8, 4) is 17.2 Å². The molecule has 4 aromatic carbocycles. The van der Waals surface area contributed by atoms with Crippen LogP contribution in [0.25, 0.3) is 0 Å². The van der Waals surface area contributed by atoms with Gasteiger partial charge in [0.15, 0.2) is 0 Å². The van der Waals surface area contributed by atoms with Crippen molar-refractivity contribution in [1.29, 1.82) is 0 Å². The molecule has 0 spiro atoms. The van der Waals surface area contributed by atoms with Gasteiger partial charge in [-0.05, 0) is 45.2 Å². The van der Waals surface area contributed by atoms with Gasteiger partial charge in [-0.3, -0.25) is 0 Å². The molecule has 0 aromatic heterocycles. The zero-order valence-electron chi connectivity index (χ0n) is 19.8. The summed E-state index contributed by atoms with van der Waals surface area (Å²) in [5, 5.41) is 14.8. The molecular formula is C32H28O2Si. The van der Waals surface area contributed by atoms with Crippen LogP contribution in [0.5, 0.6) is 5.75 Å². The Morgan fingerprint density at radius 1 is 0.829 bits per heavy atom. The fourth-order valence-corrected chi connectivity index (χ4v) is 8.96. The molecule has 0 amide bonds. The Labute approximate surface area is 208 Å². The number of aliphatic hydroxyl groups excluding tert-OH is 1. The minimum absolute atomic E-state index is 0.140. The fourth-order valence-electron chi connectivity index (χ4n) is 5.10. The predicted molar refractivity (Wildman–Crippen MR) is 146 cm³/mol. The Morgan fingerprint density at radius 3 is 1.83 bits per heavy atom. The molecule has 1 aliphatic rings. The molecule has 172 valence electrons. The van der Waals surface area contributed by atoms with Gasteiger partial charge in [-0.2, -0.15) is 0 Å². The van der Waals surface area contributed by atoms with Crippen LogP contribution in [0.3, 0.4) is 0 Å². The van der Waals surface area contributed by atoms with E-state index in [1.807, 2.05) is 36.4 Å². The van der Waals surface area contributed by atoms with Crippen molar-refractivity contribution in [1.82, 2.24) is 0 Å². The third kappa shape index (κ3) is 4.23. The van der Waals surface area contributed by atoms with Crippen LogP contribution >= 0.6 is 0 Å². The lowest BCUT2D eigenvalue weighted by molar-refractivity contribution is 0.143. The van der Waals surface area contributed by atoms with Crippen LogP contribution in [0, 0.1) is 17.4 Å². The second-order valence-corrected chi connectivity index (χ2v) is 12.4. The highest BCUT2D eigenvalue weighted by Gasteiger charge is 2.39. The van der Waals surface area contributed by atoms with E-state index in [2.05, 4.69) is 90.8 Å². The van der Waals surface area contributed by atoms with Gasteiger partial charge in [0.1, 0.15) is 5.75 Å². The Bertz CT molecular complexity index is 1290. The molecule has 1 N–H and O–H groups in total. The van der Waals surface area contributed by atoms with Gasteiger partial charge in [0.2, 0.25) is 8.07 Å². The first kappa shape index (κ1) is 22.9. The van der Waals surface area contributed by atoms with Crippen LogP contribution in [0.2, 0.25) is 0 Å². The van der Waals surface area contributed by atoms with Gasteiger partial charge in [0, 0.05) is 11.5 Å². The van der Waals surface area contributed by atoms with Gasteiger partial charge in [-0.1, -0.05) is 110 Å². The molecule has 0 radical (unpaired) electrons. The first-order chi connectivity index (χ1) is 17.1. The largest absolute Gasteiger partial charge is 0.497 e. The van der Waals surface area contributed by atoms with E-state index in [1.54, 1.807) is 7.11 Å². The van der Waals surface area contributed by atoms with Crippen LogP contribution in [0.15, 0.2) is 121 Å². The molecular weight excluding hydrogens is 444 g/mol. The number of hydrogen-bond donors (Lipinski definition) is 1. The minimum Gasteiger partial charge on any atom is -0.497 e. The van der Waals surface area contributed by atoms with Gasteiger partial charge in [-0.15, -0.1) is 5.54 Å². The van der Waals surface area contributed by atoms with Crippen molar-refractivity contribution in [2.45, 2.75) is 12.5 Å². The normalized spacial score (nSPS) is 16.6. The molecule has 1 aliphatic carbocycles. The second-order valence-electron chi connectivity index (χ2n) is 8.94. The average molecular weight is 473 g/mol. The van der Waals surface area contributed by atoms with Crippen molar-refractivity contribution in [2.24, 2.45) is 5.92 Å². The molecule has 0 heterocycles. The maximum absolute atomic E-state index is 11.1. The van der Waals surface area contributed by atoms with E-state index in [4.69, 9.17) is 4.74 Å². The maximum Gasteiger partial charge on any atom is 0.230 e. The lowest BCUT2D eigenvalue weighted by Gasteiger charge is -2.28. The SMILES string of the molecule is C=C(C#C[Si](c1ccccc1)(c1ccccc1)c1ccccc1)[C@H]1Cc2cc(OC)ccc2[C@H]1O. The molecule has 3 heteroatoms. The van der Waals surface area contributed by atoms with Gasteiger partial charge in [0.05, 0.1) is 13.2 Å². The van der Waals surface area contributed by atoms with E-state index in [1.165, 1.54) is 15.6 Å². The molecule has 0 bridgehead atoms. The number of fused-ring (bicyclic) bond motifs is 1. The standard InChI is InChI=1S/C32H28O2Si/c1-24(31-23-25-22-26(34-2)18-19-30(25)32(31)33)20-21-35(27-12-6-3-7-13-27,28-14-8-4-9-15-28)29-16-10-5-11-17-29/h3-19,22,31-33H,1,23H2,2H3/t31-,32-/m1/s1. The van der Waals surface area contributed by atoms with Crippen molar-refractivity contribution < 1.29 is 9.84 Å². The monoisotopic (exact) mass is 472 g/mol. The topological polar surface area (TPSA) is 29.5 Å². The minimum atomic E-state index is -2.68. The molecule has 2 atom stereocenters. The van der Waals surface area contributed by atoms with Gasteiger partial charge in [-0.25, -0.2) is 0 Å². The Kier molecular flexibility index (Phi) is 6.42. The second kappa shape index (κ2) is 9.80. The summed E-state index contributed by atoms with van der Waals surface area (Å²) in [7, 11) is -1.02. The van der Waals surface area contributed by atoms with Crippen molar-refractivity contribution in [3.63, 3.8) is 0 Å². The number of methoxy groups -OCH3 is 1. The van der Waals surface area contributed by atoms with Gasteiger partial charge < -0.3 is 9.84 Å².